The molecule has 166 valence electrons. The first-order valence-corrected chi connectivity index (χ1v) is 10.8. The van der Waals surface area contributed by atoms with Crippen LogP contribution in [0.25, 0.3) is 0 Å². The monoisotopic (exact) mass is 456 g/mol. The molecule has 11 heteroatoms. The molecule has 0 saturated carbocycles. The summed E-state index contributed by atoms with van der Waals surface area (Å²) in [4.78, 5) is 26.1. The van der Waals surface area contributed by atoms with Gasteiger partial charge in [0.1, 0.15) is 5.71 Å². The maximum absolute atomic E-state index is 12.7. The Morgan fingerprint density at radius 2 is 1.59 bits per heavy atom. The number of nitro benzene ring substituents is 1. The zero-order valence-corrected chi connectivity index (χ0v) is 18.3. The van der Waals surface area contributed by atoms with Crippen LogP contribution in [0, 0.1) is 17.0 Å². The first kappa shape index (κ1) is 22.7. The largest absolute Gasteiger partial charge is 0.449 e. The van der Waals surface area contributed by atoms with Crippen LogP contribution in [0.3, 0.4) is 0 Å². The number of hydrogen-bond donors (Lipinski definition) is 1. The van der Waals surface area contributed by atoms with Crippen LogP contribution in [0.15, 0.2) is 75.1 Å². The van der Waals surface area contributed by atoms with Crippen molar-refractivity contribution in [2.75, 3.05) is 14.1 Å². The van der Waals surface area contributed by atoms with Gasteiger partial charge >= 0.3 is 0 Å². The van der Waals surface area contributed by atoms with Gasteiger partial charge in [0.25, 0.3) is 21.6 Å². The van der Waals surface area contributed by atoms with E-state index in [1.807, 2.05) is 6.92 Å². The molecule has 3 aromatic rings. The topological polar surface area (TPSA) is 135 Å². The second-order valence-corrected chi connectivity index (χ2v) is 8.70. The van der Waals surface area contributed by atoms with Crippen LogP contribution in [-0.4, -0.2) is 44.0 Å². The molecule has 0 radical (unpaired) electrons. The lowest BCUT2D eigenvalue weighted by molar-refractivity contribution is -0.384. The van der Waals surface area contributed by atoms with Crippen LogP contribution in [0.2, 0.25) is 0 Å². The molecular formula is C21H20N4O6S. The average molecular weight is 456 g/mol. The molecule has 0 aliphatic carbocycles. The molecule has 2 aromatic carbocycles. The molecule has 0 atom stereocenters. The summed E-state index contributed by atoms with van der Waals surface area (Å²) in [7, 11) is -0.873. The Labute approximate surface area is 184 Å². The molecule has 32 heavy (non-hydrogen) atoms. The molecule has 1 N–H and O–H groups in total. The summed E-state index contributed by atoms with van der Waals surface area (Å²) in [5.74, 6) is -0.254. The van der Waals surface area contributed by atoms with Crippen molar-refractivity contribution >= 4 is 27.3 Å². The van der Waals surface area contributed by atoms with Crippen molar-refractivity contribution in [1.82, 2.24) is 9.73 Å². The molecular weight excluding hydrogens is 436 g/mol. The SMILES string of the molecule is Cc1ccc(S(=O)(=O)N/N=C(\c2ccc([N+](=O)[O-])cc2)c2ccc(C(=O)N(C)C)o2)cc1. The van der Waals surface area contributed by atoms with Crippen LogP contribution in [0.1, 0.15) is 27.4 Å². The number of carbonyl (C=O) groups is 1. The van der Waals surface area contributed by atoms with Crippen molar-refractivity contribution in [2.24, 2.45) is 5.10 Å². The van der Waals surface area contributed by atoms with Gasteiger partial charge < -0.3 is 9.32 Å². The molecule has 3 rings (SSSR count). The number of sulfonamides is 1. The van der Waals surface area contributed by atoms with Gasteiger partial charge in [0.2, 0.25) is 0 Å². The number of hydrogen-bond acceptors (Lipinski definition) is 7. The first-order chi connectivity index (χ1) is 15.1. The number of aryl methyl sites for hydroxylation is 1. The molecule has 0 fully saturated rings. The van der Waals surface area contributed by atoms with E-state index in [4.69, 9.17) is 4.42 Å². The highest BCUT2D eigenvalue weighted by Gasteiger charge is 2.20. The molecule has 0 unspecified atom stereocenters. The van der Waals surface area contributed by atoms with Crippen LogP contribution < -0.4 is 4.83 Å². The van der Waals surface area contributed by atoms with E-state index in [-0.39, 0.29) is 33.7 Å². The van der Waals surface area contributed by atoms with Gasteiger partial charge in [-0.25, -0.2) is 0 Å². The highest BCUT2D eigenvalue weighted by atomic mass is 32.2. The number of furan rings is 1. The van der Waals surface area contributed by atoms with Crippen molar-refractivity contribution in [3.8, 4) is 0 Å². The number of rotatable bonds is 7. The Balaban J connectivity index is 2.03. The lowest BCUT2D eigenvalue weighted by Crippen LogP contribution is -2.21. The Kier molecular flexibility index (Phi) is 6.40. The average Bonchev–Trinajstić information content (AvgIpc) is 3.23. The number of hydrazone groups is 1. The number of amides is 1. The van der Waals surface area contributed by atoms with E-state index in [9.17, 15) is 23.3 Å². The Morgan fingerprint density at radius 3 is 2.16 bits per heavy atom. The quantitative estimate of drug-likeness (QED) is 0.330. The molecule has 1 heterocycles. The summed E-state index contributed by atoms with van der Waals surface area (Å²) in [6.45, 7) is 1.83. The van der Waals surface area contributed by atoms with Crippen LogP contribution in [-0.2, 0) is 10.0 Å². The third-order valence-corrected chi connectivity index (χ3v) is 5.64. The van der Waals surface area contributed by atoms with Gasteiger partial charge in [-0.2, -0.15) is 18.4 Å². The summed E-state index contributed by atoms with van der Waals surface area (Å²) in [5, 5.41) is 15.0. The minimum Gasteiger partial charge on any atom is -0.449 e. The van der Waals surface area contributed by atoms with E-state index in [1.165, 1.54) is 53.4 Å². The van der Waals surface area contributed by atoms with Crippen molar-refractivity contribution in [1.29, 1.82) is 0 Å². The van der Waals surface area contributed by atoms with Crippen molar-refractivity contribution < 1.29 is 22.6 Å². The summed E-state index contributed by atoms with van der Waals surface area (Å²) < 4.78 is 30.9. The highest BCUT2D eigenvalue weighted by molar-refractivity contribution is 7.89. The van der Waals surface area contributed by atoms with E-state index in [0.29, 0.717) is 5.56 Å². The molecule has 0 bridgehead atoms. The zero-order chi connectivity index (χ0) is 23.5. The standard InChI is InChI=1S/C21H20N4O6S/c1-14-4-10-17(11-5-14)32(29,30)23-22-20(15-6-8-16(9-7-15)25(27)28)18-12-13-19(31-18)21(26)24(2)3/h4-13,23H,1-3H3/b22-20+. The second kappa shape index (κ2) is 9.02. The van der Waals surface area contributed by atoms with Crippen molar-refractivity contribution in [3.63, 3.8) is 0 Å². The number of non-ortho nitro benzene ring substituents is 1. The van der Waals surface area contributed by atoms with E-state index in [1.54, 1.807) is 26.2 Å². The summed E-state index contributed by atoms with van der Waals surface area (Å²) in [6.07, 6.45) is 0. The van der Waals surface area contributed by atoms with E-state index in [0.717, 1.165) is 5.56 Å². The molecule has 1 aromatic heterocycles. The Morgan fingerprint density at radius 1 is 1.00 bits per heavy atom. The molecule has 0 saturated heterocycles. The maximum Gasteiger partial charge on any atom is 0.289 e. The Hall–Kier alpha value is -3.99. The van der Waals surface area contributed by atoms with Gasteiger partial charge in [0.15, 0.2) is 11.5 Å². The fraction of sp³-hybridized carbons (Fsp3) is 0.143. The van der Waals surface area contributed by atoms with E-state index >= 15 is 0 Å². The smallest absolute Gasteiger partial charge is 0.289 e. The summed E-state index contributed by atoms with van der Waals surface area (Å²) in [6, 6.07) is 14.4. The normalized spacial score (nSPS) is 11.8. The summed E-state index contributed by atoms with van der Waals surface area (Å²) in [5.41, 5.74) is 1.15. The number of benzene rings is 2. The van der Waals surface area contributed by atoms with E-state index < -0.39 is 14.9 Å². The van der Waals surface area contributed by atoms with Crippen molar-refractivity contribution in [2.45, 2.75) is 11.8 Å². The lowest BCUT2D eigenvalue weighted by Gasteiger charge is -2.09. The third kappa shape index (κ3) is 5.01. The van der Waals surface area contributed by atoms with Gasteiger partial charge in [0.05, 0.1) is 9.82 Å². The number of nitro groups is 1. The third-order valence-electron chi connectivity index (χ3n) is 4.42. The molecule has 0 aliphatic heterocycles. The minimum absolute atomic E-state index is 0.0119. The van der Waals surface area contributed by atoms with Gasteiger partial charge in [-0.3, -0.25) is 14.9 Å². The molecule has 0 aliphatic rings. The Bertz CT molecular complexity index is 1280. The van der Waals surface area contributed by atoms with E-state index in [2.05, 4.69) is 9.93 Å². The highest BCUT2D eigenvalue weighted by Crippen LogP contribution is 2.19. The predicted molar refractivity (Wildman–Crippen MR) is 117 cm³/mol. The molecule has 1 amide bonds. The van der Waals surface area contributed by atoms with Crippen LogP contribution in [0.4, 0.5) is 5.69 Å². The van der Waals surface area contributed by atoms with Crippen LogP contribution in [0.5, 0.6) is 0 Å². The predicted octanol–water partition coefficient (Wildman–Crippen LogP) is 2.93. The van der Waals surface area contributed by atoms with Gasteiger partial charge in [-0.15, -0.1) is 0 Å². The van der Waals surface area contributed by atoms with Crippen LogP contribution >= 0.6 is 0 Å². The van der Waals surface area contributed by atoms with Gasteiger partial charge in [-0.1, -0.05) is 17.7 Å². The summed E-state index contributed by atoms with van der Waals surface area (Å²) >= 11 is 0. The van der Waals surface area contributed by atoms with Crippen molar-refractivity contribution in [3.05, 3.63) is 93.4 Å². The fourth-order valence-corrected chi connectivity index (χ4v) is 3.49. The van der Waals surface area contributed by atoms with Gasteiger partial charge in [-0.05, 0) is 43.3 Å². The first-order valence-electron chi connectivity index (χ1n) is 9.31. The lowest BCUT2D eigenvalue weighted by atomic mass is 10.1. The number of nitrogens with zero attached hydrogens (tertiary/aromatic N) is 3. The maximum atomic E-state index is 12.7. The number of carbonyl (C=O) groups excluding carboxylic acids is 1. The molecule has 10 nitrogen and oxygen atoms in total. The molecule has 0 spiro atoms. The second-order valence-electron chi connectivity index (χ2n) is 7.04. The fourth-order valence-electron chi connectivity index (χ4n) is 2.68. The number of nitrogens with one attached hydrogen (secondary N) is 1. The zero-order valence-electron chi connectivity index (χ0n) is 17.5. The van der Waals surface area contributed by atoms with Gasteiger partial charge in [0, 0.05) is 31.8 Å². The minimum atomic E-state index is -4.00.